The maximum Gasteiger partial charge on any atom is 0.230 e. The van der Waals surface area contributed by atoms with Crippen molar-refractivity contribution < 1.29 is 5.11 Å². The topological polar surface area (TPSA) is 56.9 Å². The molecule has 0 spiro atoms. The number of aromatic hydroxyl groups is 1. The number of hydrogen-bond acceptors (Lipinski definition) is 6. The second kappa shape index (κ2) is 6.74. The number of aryl methyl sites for hydroxylation is 1. The van der Waals surface area contributed by atoms with Crippen molar-refractivity contribution >= 4 is 16.3 Å². The summed E-state index contributed by atoms with van der Waals surface area (Å²) in [6.45, 7) is 9.48. The number of piperazine rings is 1. The van der Waals surface area contributed by atoms with E-state index in [1.54, 1.807) is 0 Å². The Bertz CT molecular complexity index is 848. The number of likely N-dealkylation sites (N-methyl/N-ethyl adjacent to an activating group) is 1. The van der Waals surface area contributed by atoms with Gasteiger partial charge in [0.15, 0.2) is 0 Å². The molecule has 1 aromatic carbocycles. The fourth-order valence-corrected chi connectivity index (χ4v) is 4.58. The van der Waals surface area contributed by atoms with Gasteiger partial charge in [0.1, 0.15) is 6.33 Å². The number of benzene rings is 1. The highest BCUT2D eigenvalue weighted by molar-refractivity contribution is 7.17. The van der Waals surface area contributed by atoms with Crippen LogP contribution in [0.1, 0.15) is 29.0 Å². The van der Waals surface area contributed by atoms with E-state index in [1.807, 2.05) is 0 Å². The van der Waals surface area contributed by atoms with Crippen molar-refractivity contribution in [3.8, 4) is 5.88 Å². The van der Waals surface area contributed by atoms with Crippen molar-refractivity contribution in [3.05, 3.63) is 46.6 Å². The fraction of sp³-hybridized carbons (Fsp3) is 0.444. The monoisotopic (exact) mass is 357 g/mol. The molecule has 7 heteroatoms. The Kier molecular flexibility index (Phi) is 4.45. The Labute approximate surface area is 151 Å². The van der Waals surface area contributed by atoms with Crippen LogP contribution in [0.25, 0.3) is 4.96 Å². The van der Waals surface area contributed by atoms with Crippen LogP contribution in [-0.2, 0) is 0 Å². The molecule has 1 atom stereocenters. The molecule has 0 radical (unpaired) electrons. The average Bonchev–Trinajstić information content (AvgIpc) is 3.21. The molecule has 1 fully saturated rings. The molecule has 0 bridgehead atoms. The summed E-state index contributed by atoms with van der Waals surface area (Å²) in [4.78, 5) is 10.8. The van der Waals surface area contributed by atoms with Crippen molar-refractivity contribution in [1.82, 2.24) is 24.4 Å². The Balaban J connectivity index is 1.74. The second-order valence-electron chi connectivity index (χ2n) is 6.53. The molecule has 0 unspecified atom stereocenters. The first kappa shape index (κ1) is 16.5. The van der Waals surface area contributed by atoms with Crippen LogP contribution >= 0.6 is 11.3 Å². The first-order valence-corrected chi connectivity index (χ1v) is 9.53. The normalized spacial score (nSPS) is 18.0. The van der Waals surface area contributed by atoms with Gasteiger partial charge in [-0.15, -0.1) is 0 Å². The summed E-state index contributed by atoms with van der Waals surface area (Å²) in [7, 11) is 0. The molecule has 0 saturated carbocycles. The molecule has 2 aromatic heterocycles. The van der Waals surface area contributed by atoms with Crippen molar-refractivity contribution in [2.45, 2.75) is 19.9 Å². The number of hydrogen-bond donors (Lipinski definition) is 1. The lowest BCUT2D eigenvalue weighted by Crippen LogP contribution is -2.47. The summed E-state index contributed by atoms with van der Waals surface area (Å²) in [5.41, 5.74) is 2.44. The lowest BCUT2D eigenvalue weighted by molar-refractivity contribution is 0.113. The summed E-state index contributed by atoms with van der Waals surface area (Å²) >= 11 is 1.52. The molecule has 4 rings (SSSR count). The van der Waals surface area contributed by atoms with E-state index >= 15 is 0 Å². The number of nitrogens with zero attached hydrogens (tertiary/aromatic N) is 5. The van der Waals surface area contributed by atoms with Gasteiger partial charge in [0.05, 0.1) is 10.9 Å². The zero-order valence-electron chi connectivity index (χ0n) is 14.6. The van der Waals surface area contributed by atoms with Crippen LogP contribution in [0.4, 0.5) is 0 Å². The van der Waals surface area contributed by atoms with Crippen molar-refractivity contribution in [2.24, 2.45) is 0 Å². The summed E-state index contributed by atoms with van der Waals surface area (Å²) in [6.07, 6.45) is 1.48. The van der Waals surface area contributed by atoms with E-state index in [-0.39, 0.29) is 11.9 Å². The van der Waals surface area contributed by atoms with Gasteiger partial charge in [-0.3, -0.25) is 4.90 Å². The summed E-state index contributed by atoms with van der Waals surface area (Å²) in [5.74, 6) is 0.209. The van der Waals surface area contributed by atoms with Gasteiger partial charge in [0, 0.05) is 26.2 Å². The molecule has 0 aliphatic carbocycles. The predicted molar refractivity (Wildman–Crippen MR) is 99.2 cm³/mol. The van der Waals surface area contributed by atoms with Gasteiger partial charge in [0.2, 0.25) is 10.8 Å². The largest absolute Gasteiger partial charge is 0.492 e. The fourth-order valence-electron chi connectivity index (χ4n) is 3.49. The van der Waals surface area contributed by atoms with E-state index in [0.29, 0.717) is 0 Å². The highest BCUT2D eigenvalue weighted by atomic mass is 32.1. The standard InChI is InChI=1S/C18H23N5OS/c1-3-21-8-10-22(11-9-21)15(14-6-4-13(2)5-7-14)16-17(24)23-18(25-16)19-12-20-23/h4-7,12,15,24H,3,8-11H2,1-2H3/t15-/m1/s1. The summed E-state index contributed by atoms with van der Waals surface area (Å²) in [5, 5.41) is 14.9. The number of rotatable bonds is 4. The molecule has 1 N–H and O–H groups in total. The first-order chi connectivity index (χ1) is 12.2. The minimum Gasteiger partial charge on any atom is -0.492 e. The molecule has 3 heterocycles. The van der Waals surface area contributed by atoms with Gasteiger partial charge < -0.3 is 10.0 Å². The predicted octanol–water partition coefficient (Wildman–Crippen LogP) is 2.53. The first-order valence-electron chi connectivity index (χ1n) is 8.71. The van der Waals surface area contributed by atoms with Crippen LogP contribution in [0, 0.1) is 6.92 Å². The molecule has 1 aliphatic rings. The molecule has 132 valence electrons. The third-order valence-corrected chi connectivity index (χ3v) is 6.09. The number of thiazole rings is 1. The molecule has 0 amide bonds. The van der Waals surface area contributed by atoms with Gasteiger partial charge >= 0.3 is 0 Å². The molecule has 6 nitrogen and oxygen atoms in total. The number of fused-ring (bicyclic) bond motifs is 1. The van der Waals surface area contributed by atoms with Crippen LogP contribution in [0.15, 0.2) is 30.6 Å². The Hall–Kier alpha value is -1.96. The van der Waals surface area contributed by atoms with Crippen molar-refractivity contribution in [2.75, 3.05) is 32.7 Å². The van der Waals surface area contributed by atoms with Gasteiger partial charge in [-0.25, -0.2) is 4.98 Å². The lowest BCUT2D eigenvalue weighted by atomic mass is 10.0. The molecule has 1 aliphatic heterocycles. The Morgan fingerprint density at radius 3 is 2.52 bits per heavy atom. The lowest BCUT2D eigenvalue weighted by Gasteiger charge is -2.38. The molecule has 3 aromatic rings. The average molecular weight is 357 g/mol. The highest BCUT2D eigenvalue weighted by Gasteiger charge is 2.31. The molecular formula is C18H23N5OS. The van der Waals surface area contributed by atoms with E-state index in [4.69, 9.17) is 0 Å². The highest BCUT2D eigenvalue weighted by Crippen LogP contribution is 2.39. The van der Waals surface area contributed by atoms with Gasteiger partial charge in [0.25, 0.3) is 0 Å². The SMILES string of the molecule is CCN1CCN([C@H](c2ccc(C)cc2)c2sc3ncnn3c2O)CC1. The van der Waals surface area contributed by atoms with Crippen molar-refractivity contribution in [3.63, 3.8) is 0 Å². The zero-order valence-corrected chi connectivity index (χ0v) is 15.4. The number of aromatic nitrogens is 3. The maximum atomic E-state index is 10.7. The van der Waals surface area contributed by atoms with Crippen molar-refractivity contribution in [1.29, 1.82) is 0 Å². The van der Waals surface area contributed by atoms with Crippen LogP contribution in [0.3, 0.4) is 0 Å². The van der Waals surface area contributed by atoms with E-state index in [0.717, 1.165) is 42.6 Å². The second-order valence-corrected chi connectivity index (χ2v) is 7.54. The van der Waals surface area contributed by atoms with E-state index in [1.165, 1.54) is 33.3 Å². The maximum absolute atomic E-state index is 10.7. The van der Waals surface area contributed by atoms with E-state index in [9.17, 15) is 5.11 Å². The molecular weight excluding hydrogens is 334 g/mol. The van der Waals surface area contributed by atoms with E-state index < -0.39 is 0 Å². The zero-order chi connectivity index (χ0) is 17.4. The quantitative estimate of drug-likeness (QED) is 0.778. The van der Waals surface area contributed by atoms with Gasteiger partial charge in [-0.1, -0.05) is 48.1 Å². The van der Waals surface area contributed by atoms with Crippen LogP contribution in [-0.4, -0.2) is 62.2 Å². The summed E-state index contributed by atoms with van der Waals surface area (Å²) in [6, 6.07) is 8.65. The van der Waals surface area contributed by atoms with Crippen LogP contribution in [0.2, 0.25) is 0 Å². The smallest absolute Gasteiger partial charge is 0.230 e. The van der Waals surface area contributed by atoms with Gasteiger partial charge in [-0.05, 0) is 19.0 Å². The third kappa shape index (κ3) is 3.03. The minimum absolute atomic E-state index is 0.0353. The van der Waals surface area contributed by atoms with E-state index in [2.05, 4.69) is 58.0 Å². The molecule has 1 saturated heterocycles. The summed E-state index contributed by atoms with van der Waals surface area (Å²) < 4.78 is 1.53. The Morgan fingerprint density at radius 1 is 1.16 bits per heavy atom. The molecule has 25 heavy (non-hydrogen) atoms. The van der Waals surface area contributed by atoms with Crippen LogP contribution < -0.4 is 0 Å². The van der Waals surface area contributed by atoms with Crippen LogP contribution in [0.5, 0.6) is 5.88 Å². The minimum atomic E-state index is 0.0353. The third-order valence-electron chi connectivity index (χ3n) is 5.00. The Morgan fingerprint density at radius 2 is 1.88 bits per heavy atom. The van der Waals surface area contributed by atoms with Gasteiger partial charge in [-0.2, -0.15) is 9.61 Å².